The zero-order valence-corrected chi connectivity index (χ0v) is 19.9. The molecule has 1 aromatic heterocycles. The number of aromatic nitrogens is 3. The SMILES string of the molecule is CCNC(=NCc1ccc(CN2CCCCCC2)cc1)NCc1ncnn1C.I. The maximum Gasteiger partial charge on any atom is 0.191 e. The van der Waals surface area contributed by atoms with Crippen LogP contribution in [0.25, 0.3) is 0 Å². The fourth-order valence-corrected chi connectivity index (χ4v) is 3.46. The van der Waals surface area contributed by atoms with Gasteiger partial charge < -0.3 is 10.6 Å². The van der Waals surface area contributed by atoms with Gasteiger partial charge in [-0.1, -0.05) is 37.1 Å². The highest BCUT2D eigenvalue weighted by Crippen LogP contribution is 2.14. The molecule has 0 unspecified atom stereocenters. The van der Waals surface area contributed by atoms with Gasteiger partial charge in [0, 0.05) is 20.1 Å². The first-order valence-corrected chi connectivity index (χ1v) is 10.4. The number of aryl methyl sites for hydroxylation is 1. The van der Waals surface area contributed by atoms with E-state index in [0.29, 0.717) is 13.1 Å². The maximum absolute atomic E-state index is 4.70. The van der Waals surface area contributed by atoms with Gasteiger partial charge in [0.2, 0.25) is 0 Å². The molecule has 3 rings (SSSR count). The monoisotopic (exact) mass is 511 g/mol. The number of hydrogen-bond donors (Lipinski definition) is 2. The lowest BCUT2D eigenvalue weighted by Crippen LogP contribution is -2.37. The smallest absolute Gasteiger partial charge is 0.191 e. The van der Waals surface area contributed by atoms with Gasteiger partial charge in [-0.15, -0.1) is 24.0 Å². The Hall–Kier alpha value is -1.68. The Morgan fingerprint density at radius 1 is 1.03 bits per heavy atom. The van der Waals surface area contributed by atoms with Crippen molar-refractivity contribution in [3.8, 4) is 0 Å². The fourth-order valence-electron chi connectivity index (χ4n) is 3.46. The fraction of sp³-hybridized carbons (Fsp3) is 0.571. The van der Waals surface area contributed by atoms with E-state index in [2.05, 4.69) is 56.8 Å². The summed E-state index contributed by atoms with van der Waals surface area (Å²) in [6.45, 7) is 7.65. The summed E-state index contributed by atoms with van der Waals surface area (Å²) >= 11 is 0. The predicted molar refractivity (Wildman–Crippen MR) is 128 cm³/mol. The van der Waals surface area contributed by atoms with Crippen LogP contribution < -0.4 is 10.6 Å². The third kappa shape index (κ3) is 7.93. The largest absolute Gasteiger partial charge is 0.357 e. The van der Waals surface area contributed by atoms with Crippen molar-refractivity contribution in [3.63, 3.8) is 0 Å². The number of likely N-dealkylation sites (tertiary alicyclic amines) is 1. The molecule has 0 atom stereocenters. The van der Waals surface area contributed by atoms with E-state index in [1.165, 1.54) is 49.9 Å². The topological polar surface area (TPSA) is 70.4 Å². The zero-order valence-electron chi connectivity index (χ0n) is 17.6. The summed E-state index contributed by atoms with van der Waals surface area (Å²) in [5.74, 6) is 1.67. The summed E-state index contributed by atoms with van der Waals surface area (Å²) in [6, 6.07) is 8.89. The van der Waals surface area contributed by atoms with Gasteiger partial charge in [-0.05, 0) is 44.0 Å². The summed E-state index contributed by atoms with van der Waals surface area (Å²) in [6.07, 6.45) is 7.00. The molecule has 0 amide bonds. The Kier molecular flexibility index (Phi) is 10.4. The van der Waals surface area contributed by atoms with Crippen LogP contribution in [0.3, 0.4) is 0 Å². The molecule has 2 aromatic rings. The Labute approximate surface area is 191 Å². The number of halogens is 1. The van der Waals surface area contributed by atoms with Crippen molar-refractivity contribution < 1.29 is 0 Å². The van der Waals surface area contributed by atoms with Crippen molar-refractivity contribution in [1.29, 1.82) is 0 Å². The van der Waals surface area contributed by atoms with Gasteiger partial charge in [0.1, 0.15) is 12.2 Å². The van der Waals surface area contributed by atoms with Gasteiger partial charge in [0.25, 0.3) is 0 Å². The number of nitrogens with zero attached hydrogens (tertiary/aromatic N) is 5. The number of rotatable bonds is 7. The van der Waals surface area contributed by atoms with Gasteiger partial charge in [0.15, 0.2) is 5.96 Å². The summed E-state index contributed by atoms with van der Waals surface area (Å²) in [4.78, 5) is 11.5. The van der Waals surface area contributed by atoms with Crippen LogP contribution >= 0.6 is 24.0 Å². The molecular formula is C21H34IN7. The van der Waals surface area contributed by atoms with E-state index in [4.69, 9.17) is 4.99 Å². The van der Waals surface area contributed by atoms with Crippen molar-refractivity contribution in [2.24, 2.45) is 12.0 Å². The minimum atomic E-state index is 0. The van der Waals surface area contributed by atoms with Crippen LogP contribution in [-0.4, -0.2) is 45.3 Å². The van der Waals surface area contributed by atoms with Gasteiger partial charge >= 0.3 is 0 Å². The van der Waals surface area contributed by atoms with Crippen LogP contribution in [0.15, 0.2) is 35.6 Å². The molecule has 0 aliphatic carbocycles. The van der Waals surface area contributed by atoms with Crippen LogP contribution in [0.4, 0.5) is 0 Å². The average Bonchev–Trinajstić information content (AvgIpc) is 2.95. The summed E-state index contributed by atoms with van der Waals surface area (Å²) in [7, 11) is 1.89. The van der Waals surface area contributed by atoms with Crippen molar-refractivity contribution in [2.45, 2.75) is 52.2 Å². The Morgan fingerprint density at radius 2 is 1.72 bits per heavy atom. The normalized spacial score (nSPS) is 15.4. The number of aliphatic imine (C=N–C) groups is 1. The summed E-state index contributed by atoms with van der Waals surface area (Å²) in [5.41, 5.74) is 2.61. The molecule has 2 N–H and O–H groups in total. The van der Waals surface area contributed by atoms with Crippen LogP contribution in [0.1, 0.15) is 49.6 Å². The van der Waals surface area contributed by atoms with Gasteiger partial charge in [0.05, 0.1) is 13.1 Å². The third-order valence-corrected chi connectivity index (χ3v) is 5.11. The lowest BCUT2D eigenvalue weighted by atomic mass is 10.1. The molecule has 1 aliphatic rings. The molecule has 29 heavy (non-hydrogen) atoms. The quantitative estimate of drug-likeness (QED) is 0.340. The molecule has 0 bridgehead atoms. The van der Waals surface area contributed by atoms with E-state index in [1.54, 1.807) is 11.0 Å². The highest BCUT2D eigenvalue weighted by atomic mass is 127. The predicted octanol–water partition coefficient (Wildman–Crippen LogP) is 3.06. The molecule has 2 heterocycles. The Bertz CT molecular complexity index is 734. The van der Waals surface area contributed by atoms with E-state index in [0.717, 1.165) is 24.9 Å². The molecule has 7 nitrogen and oxygen atoms in total. The number of benzene rings is 1. The molecule has 1 aromatic carbocycles. The van der Waals surface area contributed by atoms with E-state index < -0.39 is 0 Å². The van der Waals surface area contributed by atoms with E-state index in [1.807, 2.05) is 7.05 Å². The molecule has 1 saturated heterocycles. The zero-order chi connectivity index (χ0) is 19.6. The first kappa shape index (κ1) is 23.6. The third-order valence-electron chi connectivity index (χ3n) is 5.11. The van der Waals surface area contributed by atoms with Crippen LogP contribution in [0.5, 0.6) is 0 Å². The molecule has 0 saturated carbocycles. The molecular weight excluding hydrogens is 477 g/mol. The maximum atomic E-state index is 4.70. The number of guanidine groups is 1. The molecule has 0 spiro atoms. The van der Waals surface area contributed by atoms with Crippen molar-refractivity contribution in [3.05, 3.63) is 47.5 Å². The second-order valence-corrected chi connectivity index (χ2v) is 7.36. The second kappa shape index (κ2) is 12.8. The highest BCUT2D eigenvalue weighted by Gasteiger charge is 2.09. The minimum absolute atomic E-state index is 0. The molecule has 160 valence electrons. The van der Waals surface area contributed by atoms with E-state index >= 15 is 0 Å². The molecule has 1 fully saturated rings. The second-order valence-electron chi connectivity index (χ2n) is 7.36. The highest BCUT2D eigenvalue weighted by molar-refractivity contribution is 14.0. The van der Waals surface area contributed by atoms with Gasteiger partial charge in [-0.2, -0.15) is 5.10 Å². The molecule has 0 radical (unpaired) electrons. The van der Waals surface area contributed by atoms with Crippen molar-refractivity contribution >= 4 is 29.9 Å². The Morgan fingerprint density at radius 3 is 2.34 bits per heavy atom. The van der Waals surface area contributed by atoms with Gasteiger partial charge in [-0.25, -0.2) is 9.98 Å². The van der Waals surface area contributed by atoms with Crippen molar-refractivity contribution in [2.75, 3.05) is 19.6 Å². The van der Waals surface area contributed by atoms with Crippen molar-refractivity contribution in [1.82, 2.24) is 30.3 Å². The summed E-state index contributed by atoms with van der Waals surface area (Å²) < 4.78 is 1.76. The minimum Gasteiger partial charge on any atom is -0.357 e. The number of hydrogen-bond acceptors (Lipinski definition) is 4. The number of nitrogens with one attached hydrogen (secondary N) is 2. The first-order chi connectivity index (χ1) is 13.7. The van der Waals surface area contributed by atoms with Crippen LogP contribution in [-0.2, 0) is 26.7 Å². The standard InChI is InChI=1S/C21H33N7.HI/c1-3-22-21(24-15-20-25-17-26-27(20)2)23-14-18-8-10-19(11-9-18)16-28-12-6-4-5-7-13-28;/h8-11,17H,3-7,12-16H2,1-2H3,(H2,22,23,24);1H. The van der Waals surface area contributed by atoms with Gasteiger partial charge in [-0.3, -0.25) is 9.58 Å². The lowest BCUT2D eigenvalue weighted by molar-refractivity contribution is 0.277. The van der Waals surface area contributed by atoms with Crippen LogP contribution in [0.2, 0.25) is 0 Å². The molecule has 1 aliphatic heterocycles. The molecule has 8 heteroatoms. The average molecular weight is 511 g/mol. The summed E-state index contributed by atoms with van der Waals surface area (Å²) in [5, 5.41) is 10.7. The lowest BCUT2D eigenvalue weighted by Gasteiger charge is -2.19. The first-order valence-electron chi connectivity index (χ1n) is 10.4. The van der Waals surface area contributed by atoms with E-state index in [9.17, 15) is 0 Å². The van der Waals surface area contributed by atoms with Crippen LogP contribution in [0, 0.1) is 0 Å². The van der Waals surface area contributed by atoms with E-state index in [-0.39, 0.29) is 24.0 Å². The Balaban J connectivity index is 0.00000300.